The van der Waals surface area contributed by atoms with Crippen LogP contribution in [0.25, 0.3) is 0 Å². The Morgan fingerprint density at radius 3 is 2.69 bits per heavy atom. The Labute approximate surface area is 160 Å². The van der Waals surface area contributed by atoms with Crippen molar-refractivity contribution in [2.45, 2.75) is 31.3 Å². The number of hydrogen-bond acceptors (Lipinski definition) is 3. The Kier molecular flexibility index (Phi) is 5.94. The van der Waals surface area contributed by atoms with Crippen molar-refractivity contribution in [1.82, 2.24) is 4.90 Å². The third-order valence-electron chi connectivity index (χ3n) is 4.82. The van der Waals surface area contributed by atoms with E-state index in [1.165, 1.54) is 13.2 Å². The first kappa shape index (κ1) is 18.9. The van der Waals surface area contributed by atoms with E-state index in [0.29, 0.717) is 13.0 Å². The maximum atomic E-state index is 14.4. The molecule has 2 aromatic carbocycles. The highest BCUT2D eigenvalue weighted by atomic mass is 79.9. The van der Waals surface area contributed by atoms with Gasteiger partial charge < -0.3 is 9.84 Å². The molecule has 0 bridgehead atoms. The Morgan fingerprint density at radius 1 is 1.27 bits per heavy atom. The van der Waals surface area contributed by atoms with Crippen molar-refractivity contribution in [3.05, 3.63) is 63.9 Å². The molecule has 4 nitrogen and oxygen atoms in total. The molecule has 2 aromatic rings. The molecule has 26 heavy (non-hydrogen) atoms. The summed E-state index contributed by atoms with van der Waals surface area (Å²) < 4.78 is 20.3. The van der Waals surface area contributed by atoms with Gasteiger partial charge in [0.05, 0.1) is 13.2 Å². The number of carboxylic acid groups (broad SMARTS) is 1. The fourth-order valence-corrected chi connectivity index (χ4v) is 4.05. The van der Waals surface area contributed by atoms with Gasteiger partial charge in [-0.3, -0.25) is 9.69 Å². The normalized spacial score (nSPS) is 19.1. The highest BCUT2D eigenvalue weighted by Gasteiger charge is 2.35. The fourth-order valence-electron chi connectivity index (χ4n) is 3.63. The van der Waals surface area contributed by atoms with E-state index in [0.717, 1.165) is 28.4 Å². The minimum Gasteiger partial charge on any atom is -0.494 e. The average molecular weight is 422 g/mol. The first-order valence-electron chi connectivity index (χ1n) is 8.58. The minimum atomic E-state index is -0.835. The first-order chi connectivity index (χ1) is 12.5. The summed E-state index contributed by atoms with van der Waals surface area (Å²) in [4.78, 5) is 13.8. The molecule has 6 heteroatoms. The van der Waals surface area contributed by atoms with Crippen LogP contribution in [0.1, 0.15) is 36.4 Å². The lowest BCUT2D eigenvalue weighted by Gasteiger charge is -2.39. The predicted octanol–water partition coefficient (Wildman–Crippen LogP) is 4.63. The van der Waals surface area contributed by atoms with Crippen molar-refractivity contribution in [2.75, 3.05) is 13.7 Å². The zero-order valence-electron chi connectivity index (χ0n) is 14.5. The van der Waals surface area contributed by atoms with E-state index < -0.39 is 17.8 Å². The second-order valence-corrected chi connectivity index (χ2v) is 7.35. The number of piperidine rings is 1. The fraction of sp³-hybridized carbons (Fsp3) is 0.350. The van der Waals surface area contributed by atoms with Gasteiger partial charge in [0, 0.05) is 4.47 Å². The van der Waals surface area contributed by atoms with E-state index in [1.807, 2.05) is 29.2 Å². The molecule has 1 saturated heterocycles. The summed E-state index contributed by atoms with van der Waals surface area (Å²) in [6.45, 7) is 0.655. The smallest absolute Gasteiger partial charge is 0.320 e. The SMILES string of the molecule is COc1ccc(C(c2cccc(Br)c2)N2CCCCC2C(=O)O)cc1F. The van der Waals surface area contributed by atoms with Gasteiger partial charge in [0.25, 0.3) is 0 Å². The van der Waals surface area contributed by atoms with Crippen molar-refractivity contribution in [3.8, 4) is 5.75 Å². The second kappa shape index (κ2) is 8.18. The number of carboxylic acids is 1. The number of methoxy groups -OCH3 is 1. The van der Waals surface area contributed by atoms with Gasteiger partial charge in [0.1, 0.15) is 6.04 Å². The van der Waals surface area contributed by atoms with E-state index in [9.17, 15) is 14.3 Å². The summed E-state index contributed by atoms with van der Waals surface area (Å²) >= 11 is 3.48. The van der Waals surface area contributed by atoms with Crippen LogP contribution >= 0.6 is 15.9 Å². The van der Waals surface area contributed by atoms with Crippen molar-refractivity contribution in [1.29, 1.82) is 0 Å². The van der Waals surface area contributed by atoms with Gasteiger partial charge in [0.2, 0.25) is 0 Å². The number of aliphatic carboxylic acids is 1. The van der Waals surface area contributed by atoms with Crippen LogP contribution in [0.15, 0.2) is 46.9 Å². The van der Waals surface area contributed by atoms with Crippen LogP contribution in [0.4, 0.5) is 4.39 Å². The number of carbonyl (C=O) groups is 1. The Hall–Kier alpha value is -1.92. The molecular weight excluding hydrogens is 401 g/mol. The largest absolute Gasteiger partial charge is 0.494 e. The third-order valence-corrected chi connectivity index (χ3v) is 5.31. The monoisotopic (exact) mass is 421 g/mol. The van der Waals surface area contributed by atoms with Gasteiger partial charge in [0.15, 0.2) is 11.6 Å². The molecule has 0 spiro atoms. The van der Waals surface area contributed by atoms with E-state index in [4.69, 9.17) is 4.74 Å². The topological polar surface area (TPSA) is 49.8 Å². The van der Waals surface area contributed by atoms with Crippen molar-refractivity contribution in [3.63, 3.8) is 0 Å². The molecule has 1 heterocycles. The summed E-state index contributed by atoms with van der Waals surface area (Å²) in [5.74, 6) is -1.11. The Morgan fingerprint density at radius 2 is 2.04 bits per heavy atom. The molecule has 2 unspecified atom stereocenters. The summed E-state index contributed by atoms with van der Waals surface area (Å²) in [6, 6.07) is 11.7. The molecule has 0 amide bonds. The van der Waals surface area contributed by atoms with Crippen LogP contribution in [-0.2, 0) is 4.79 Å². The van der Waals surface area contributed by atoms with Crippen LogP contribution < -0.4 is 4.74 Å². The van der Waals surface area contributed by atoms with E-state index in [2.05, 4.69) is 15.9 Å². The molecule has 1 aliphatic heterocycles. The molecule has 1 N–H and O–H groups in total. The number of benzene rings is 2. The molecule has 1 fully saturated rings. The number of ether oxygens (including phenoxy) is 1. The molecule has 2 atom stereocenters. The van der Waals surface area contributed by atoms with Gasteiger partial charge in [-0.1, -0.05) is 40.5 Å². The lowest BCUT2D eigenvalue weighted by Crippen LogP contribution is -2.46. The molecule has 0 saturated carbocycles. The predicted molar refractivity (Wildman–Crippen MR) is 101 cm³/mol. The number of rotatable bonds is 5. The van der Waals surface area contributed by atoms with Crippen LogP contribution in [0.2, 0.25) is 0 Å². The molecule has 0 radical (unpaired) electrons. The number of hydrogen-bond donors (Lipinski definition) is 1. The zero-order chi connectivity index (χ0) is 18.7. The quantitative estimate of drug-likeness (QED) is 0.764. The lowest BCUT2D eigenvalue weighted by molar-refractivity contribution is -0.145. The van der Waals surface area contributed by atoms with Gasteiger partial charge in [-0.25, -0.2) is 4.39 Å². The van der Waals surface area contributed by atoms with Gasteiger partial charge >= 0.3 is 5.97 Å². The van der Waals surface area contributed by atoms with Crippen LogP contribution in [0, 0.1) is 5.82 Å². The summed E-state index contributed by atoms with van der Waals surface area (Å²) in [5, 5.41) is 9.70. The number of nitrogens with zero attached hydrogens (tertiary/aromatic N) is 1. The third kappa shape index (κ3) is 3.91. The van der Waals surface area contributed by atoms with Crippen LogP contribution in [-0.4, -0.2) is 35.7 Å². The molecule has 0 aromatic heterocycles. The highest BCUT2D eigenvalue weighted by molar-refractivity contribution is 9.10. The highest BCUT2D eigenvalue weighted by Crippen LogP contribution is 2.36. The number of halogens is 2. The molecular formula is C20H21BrFNO3. The van der Waals surface area contributed by atoms with Crippen molar-refractivity contribution < 1.29 is 19.0 Å². The standard InChI is InChI=1S/C20H21BrFNO3/c1-26-18-9-8-14(12-16(18)22)19(13-5-4-6-15(21)11-13)23-10-3-2-7-17(23)20(24)25/h4-6,8-9,11-12,17,19H,2-3,7,10H2,1H3,(H,24,25). The van der Waals surface area contributed by atoms with Gasteiger partial charge in [-0.05, 0) is 54.8 Å². The van der Waals surface area contributed by atoms with Crippen molar-refractivity contribution in [2.24, 2.45) is 0 Å². The maximum Gasteiger partial charge on any atom is 0.320 e. The molecule has 138 valence electrons. The lowest BCUT2D eigenvalue weighted by atomic mass is 9.91. The summed E-state index contributed by atoms with van der Waals surface area (Å²) in [7, 11) is 1.43. The van der Waals surface area contributed by atoms with E-state index in [-0.39, 0.29) is 11.8 Å². The number of likely N-dealkylation sites (tertiary alicyclic amines) is 1. The molecule has 0 aliphatic carbocycles. The first-order valence-corrected chi connectivity index (χ1v) is 9.38. The van der Waals surface area contributed by atoms with Crippen LogP contribution in [0.5, 0.6) is 5.75 Å². The Bertz CT molecular complexity index is 798. The van der Waals surface area contributed by atoms with Gasteiger partial charge in [-0.15, -0.1) is 0 Å². The van der Waals surface area contributed by atoms with E-state index in [1.54, 1.807) is 12.1 Å². The molecule has 3 rings (SSSR count). The van der Waals surface area contributed by atoms with E-state index >= 15 is 0 Å². The zero-order valence-corrected chi connectivity index (χ0v) is 16.1. The second-order valence-electron chi connectivity index (χ2n) is 6.44. The summed E-state index contributed by atoms with van der Waals surface area (Å²) in [5.41, 5.74) is 1.65. The molecule has 1 aliphatic rings. The minimum absolute atomic E-state index is 0.176. The van der Waals surface area contributed by atoms with Crippen LogP contribution in [0.3, 0.4) is 0 Å². The maximum absolute atomic E-state index is 14.4. The van der Waals surface area contributed by atoms with Gasteiger partial charge in [-0.2, -0.15) is 0 Å². The van der Waals surface area contributed by atoms with Crippen molar-refractivity contribution >= 4 is 21.9 Å². The summed E-state index contributed by atoms with van der Waals surface area (Å²) in [6.07, 6.45) is 2.40. The Balaban J connectivity index is 2.10. The average Bonchev–Trinajstić information content (AvgIpc) is 2.62.